The van der Waals surface area contributed by atoms with Crippen LogP contribution >= 0.6 is 0 Å². The number of carbonyl (C=O) groups is 1. The van der Waals surface area contributed by atoms with Crippen LogP contribution in [0.5, 0.6) is 0 Å². The first-order chi connectivity index (χ1) is 12.3. The SMILES string of the molecule is Cc1cc([N+](=O)[O-])ccc1NS(=O)(=O)[C@H]1CCN(C(=O)OC(C)(C)C)[C@H]1C. The number of nitro groups is 1. The Bertz CT molecular complexity index is 847. The second kappa shape index (κ2) is 7.34. The number of ether oxygens (including phenoxy) is 1. The van der Waals surface area contributed by atoms with E-state index in [-0.39, 0.29) is 24.3 Å². The molecule has 1 saturated heterocycles. The van der Waals surface area contributed by atoms with Gasteiger partial charge in [0.2, 0.25) is 10.0 Å². The Morgan fingerprint density at radius 2 is 2.00 bits per heavy atom. The predicted octanol–water partition coefficient (Wildman–Crippen LogP) is 3.04. The molecule has 150 valence electrons. The van der Waals surface area contributed by atoms with Crippen LogP contribution in [-0.2, 0) is 14.8 Å². The fourth-order valence-electron chi connectivity index (χ4n) is 3.01. The zero-order chi connectivity index (χ0) is 20.6. The number of non-ortho nitro benzene ring substituents is 1. The molecule has 0 aliphatic carbocycles. The summed E-state index contributed by atoms with van der Waals surface area (Å²) in [6.45, 7) is 8.79. The van der Waals surface area contributed by atoms with Crippen LogP contribution < -0.4 is 4.72 Å². The molecule has 0 aromatic heterocycles. The summed E-state index contributed by atoms with van der Waals surface area (Å²) in [5.74, 6) is 0. The van der Waals surface area contributed by atoms with Crippen LogP contribution in [0.15, 0.2) is 18.2 Å². The van der Waals surface area contributed by atoms with Gasteiger partial charge in [0.1, 0.15) is 10.9 Å². The molecule has 2 atom stereocenters. The van der Waals surface area contributed by atoms with Crippen molar-refractivity contribution in [2.24, 2.45) is 0 Å². The number of nitrogens with one attached hydrogen (secondary N) is 1. The van der Waals surface area contributed by atoms with Crippen LogP contribution in [0.4, 0.5) is 16.2 Å². The first-order valence-electron chi connectivity index (χ1n) is 8.58. The molecular formula is C17H25N3O6S. The Kier molecular flexibility index (Phi) is 5.69. The highest BCUT2D eigenvalue weighted by Crippen LogP contribution is 2.29. The van der Waals surface area contributed by atoms with Gasteiger partial charge in [-0.1, -0.05) is 0 Å². The second-order valence-electron chi connectivity index (χ2n) is 7.64. The van der Waals surface area contributed by atoms with Gasteiger partial charge < -0.3 is 9.64 Å². The Labute approximate surface area is 158 Å². The highest BCUT2D eigenvalue weighted by atomic mass is 32.2. The number of sulfonamides is 1. The third kappa shape index (κ3) is 4.88. The average Bonchev–Trinajstić information content (AvgIpc) is 2.90. The van der Waals surface area contributed by atoms with E-state index in [2.05, 4.69) is 4.72 Å². The van der Waals surface area contributed by atoms with Gasteiger partial charge in [-0.3, -0.25) is 14.8 Å². The summed E-state index contributed by atoms with van der Waals surface area (Å²) < 4.78 is 33.5. The maximum Gasteiger partial charge on any atom is 0.410 e. The fraction of sp³-hybridized carbons (Fsp3) is 0.588. The van der Waals surface area contributed by atoms with Crippen LogP contribution in [0.2, 0.25) is 0 Å². The highest BCUT2D eigenvalue weighted by Gasteiger charge is 2.43. The number of anilines is 1. The van der Waals surface area contributed by atoms with Crippen LogP contribution in [0.25, 0.3) is 0 Å². The average molecular weight is 399 g/mol. The molecule has 1 amide bonds. The van der Waals surface area contributed by atoms with Crippen LogP contribution in [-0.4, -0.2) is 47.8 Å². The van der Waals surface area contributed by atoms with Crippen molar-refractivity contribution in [1.29, 1.82) is 0 Å². The molecule has 1 aliphatic heterocycles. The van der Waals surface area contributed by atoms with Crippen molar-refractivity contribution in [3.63, 3.8) is 0 Å². The molecule has 2 rings (SSSR count). The predicted molar refractivity (Wildman–Crippen MR) is 101 cm³/mol. The van der Waals surface area contributed by atoms with Crippen molar-refractivity contribution in [2.45, 2.75) is 57.9 Å². The number of nitro benzene ring substituents is 1. The van der Waals surface area contributed by atoms with E-state index in [1.807, 2.05) is 0 Å². The number of amides is 1. The topological polar surface area (TPSA) is 119 Å². The third-order valence-corrected chi connectivity index (χ3v) is 6.31. The van der Waals surface area contributed by atoms with Crippen molar-refractivity contribution in [3.05, 3.63) is 33.9 Å². The molecule has 10 heteroatoms. The molecule has 1 aromatic rings. The smallest absolute Gasteiger partial charge is 0.410 e. The van der Waals surface area contributed by atoms with E-state index in [1.54, 1.807) is 34.6 Å². The molecule has 9 nitrogen and oxygen atoms in total. The van der Waals surface area contributed by atoms with Gasteiger partial charge in [0, 0.05) is 18.7 Å². The molecule has 1 heterocycles. The van der Waals surface area contributed by atoms with E-state index in [0.29, 0.717) is 5.56 Å². The van der Waals surface area contributed by atoms with Crippen molar-refractivity contribution in [1.82, 2.24) is 4.90 Å². The summed E-state index contributed by atoms with van der Waals surface area (Å²) in [6.07, 6.45) is -0.263. The number of likely N-dealkylation sites (tertiary alicyclic amines) is 1. The summed E-state index contributed by atoms with van der Waals surface area (Å²) in [5.41, 5.74) is -0.0475. The van der Waals surface area contributed by atoms with Crippen molar-refractivity contribution >= 4 is 27.5 Å². The lowest BCUT2D eigenvalue weighted by atomic mass is 10.2. The molecule has 1 aromatic carbocycles. The van der Waals surface area contributed by atoms with E-state index >= 15 is 0 Å². The highest BCUT2D eigenvalue weighted by molar-refractivity contribution is 7.93. The summed E-state index contributed by atoms with van der Waals surface area (Å²) >= 11 is 0. The molecule has 0 saturated carbocycles. The minimum absolute atomic E-state index is 0.110. The number of aryl methyl sites for hydroxylation is 1. The first-order valence-corrected chi connectivity index (χ1v) is 10.1. The lowest BCUT2D eigenvalue weighted by Crippen LogP contribution is -2.43. The fourth-order valence-corrected chi connectivity index (χ4v) is 4.78. The minimum atomic E-state index is -3.80. The molecule has 1 fully saturated rings. The molecule has 1 N–H and O–H groups in total. The summed E-state index contributed by atoms with van der Waals surface area (Å²) in [6, 6.07) is 3.37. The number of nitrogens with zero attached hydrogens (tertiary/aromatic N) is 2. The van der Waals surface area contributed by atoms with Crippen LogP contribution in [0, 0.1) is 17.0 Å². The zero-order valence-corrected chi connectivity index (χ0v) is 16.9. The van der Waals surface area contributed by atoms with E-state index < -0.39 is 37.9 Å². The van der Waals surface area contributed by atoms with Gasteiger partial charge in [0.05, 0.1) is 16.7 Å². The zero-order valence-electron chi connectivity index (χ0n) is 16.1. The normalized spacial score (nSPS) is 20.4. The van der Waals surface area contributed by atoms with Gasteiger partial charge in [-0.2, -0.15) is 0 Å². The summed E-state index contributed by atoms with van der Waals surface area (Å²) in [5, 5.41) is 10.0. The van der Waals surface area contributed by atoms with Gasteiger partial charge in [-0.05, 0) is 52.7 Å². The van der Waals surface area contributed by atoms with Gasteiger partial charge >= 0.3 is 6.09 Å². The van der Waals surface area contributed by atoms with Crippen LogP contribution in [0.1, 0.15) is 39.7 Å². The van der Waals surface area contributed by atoms with Crippen molar-refractivity contribution in [3.8, 4) is 0 Å². The quantitative estimate of drug-likeness (QED) is 0.614. The maximum atomic E-state index is 12.8. The number of carbonyl (C=O) groups excluding carboxylic acids is 1. The first kappa shape index (κ1) is 20.9. The maximum absolute atomic E-state index is 12.8. The number of benzene rings is 1. The Morgan fingerprint density at radius 3 is 2.52 bits per heavy atom. The Balaban J connectivity index is 2.16. The van der Waals surface area contributed by atoms with E-state index in [9.17, 15) is 23.3 Å². The lowest BCUT2D eigenvalue weighted by molar-refractivity contribution is -0.384. The largest absolute Gasteiger partial charge is 0.444 e. The van der Waals surface area contributed by atoms with E-state index in [4.69, 9.17) is 4.74 Å². The molecule has 0 unspecified atom stereocenters. The van der Waals surface area contributed by atoms with Gasteiger partial charge in [-0.25, -0.2) is 13.2 Å². The number of rotatable bonds is 4. The number of hydrogen-bond donors (Lipinski definition) is 1. The minimum Gasteiger partial charge on any atom is -0.444 e. The van der Waals surface area contributed by atoms with Gasteiger partial charge in [0.25, 0.3) is 5.69 Å². The van der Waals surface area contributed by atoms with Gasteiger partial charge in [0.15, 0.2) is 0 Å². The van der Waals surface area contributed by atoms with Crippen molar-refractivity contribution < 1.29 is 22.9 Å². The standard InChI is InChI=1S/C17H25N3O6S/c1-11-10-13(20(22)23)6-7-14(11)18-27(24,25)15-8-9-19(12(15)2)16(21)26-17(3,4)5/h6-7,10,12,15,18H,8-9H2,1-5H3/t12-,15-/m0/s1. The molecule has 0 spiro atoms. The Hall–Kier alpha value is -2.36. The monoisotopic (exact) mass is 399 g/mol. The molecule has 1 aliphatic rings. The molecular weight excluding hydrogens is 374 g/mol. The third-order valence-electron chi connectivity index (χ3n) is 4.38. The second-order valence-corrected chi connectivity index (χ2v) is 9.54. The van der Waals surface area contributed by atoms with Crippen molar-refractivity contribution in [2.75, 3.05) is 11.3 Å². The van der Waals surface area contributed by atoms with Crippen LogP contribution in [0.3, 0.4) is 0 Å². The summed E-state index contributed by atoms with van der Waals surface area (Å²) in [7, 11) is -3.80. The number of hydrogen-bond acceptors (Lipinski definition) is 6. The van der Waals surface area contributed by atoms with E-state index in [1.165, 1.54) is 23.1 Å². The van der Waals surface area contributed by atoms with Gasteiger partial charge in [-0.15, -0.1) is 0 Å². The Morgan fingerprint density at radius 1 is 1.37 bits per heavy atom. The lowest BCUT2D eigenvalue weighted by Gasteiger charge is -2.28. The van der Waals surface area contributed by atoms with E-state index in [0.717, 1.165) is 0 Å². The molecule has 0 radical (unpaired) electrons. The summed E-state index contributed by atoms with van der Waals surface area (Å²) in [4.78, 5) is 24.0. The molecule has 0 bridgehead atoms. The molecule has 27 heavy (non-hydrogen) atoms.